The van der Waals surface area contributed by atoms with Crippen molar-refractivity contribution in [3.63, 3.8) is 0 Å². The van der Waals surface area contributed by atoms with Crippen LogP contribution in [-0.4, -0.2) is 85.3 Å². The van der Waals surface area contributed by atoms with Crippen molar-refractivity contribution in [1.29, 1.82) is 0 Å². The number of nitrogens with one attached hydrogen (secondary N) is 1. The zero-order chi connectivity index (χ0) is 42.9. The van der Waals surface area contributed by atoms with Crippen LogP contribution >= 0.6 is 0 Å². The Morgan fingerprint density at radius 2 is 1.00 bits per heavy atom. The van der Waals surface area contributed by atoms with Gasteiger partial charge >= 0.3 is 5.97 Å². The number of carbonyl (C=O) groups excluding carboxylic acids is 2. The highest BCUT2D eigenvalue weighted by atomic mass is 16.5. The van der Waals surface area contributed by atoms with Gasteiger partial charge < -0.3 is 20.1 Å². The molecule has 7 heteroatoms. The van der Waals surface area contributed by atoms with Gasteiger partial charge in [-0.05, 0) is 95.6 Å². The summed E-state index contributed by atoms with van der Waals surface area (Å²) >= 11 is 0. The van der Waals surface area contributed by atoms with Gasteiger partial charge in [0.25, 0.3) is 0 Å². The highest BCUT2D eigenvalue weighted by molar-refractivity contribution is 5.76. The van der Waals surface area contributed by atoms with E-state index in [1.54, 1.807) is 0 Å². The number of rotatable bonds is 46. The van der Waals surface area contributed by atoms with Crippen LogP contribution in [0.25, 0.3) is 0 Å². The lowest BCUT2D eigenvalue weighted by atomic mass is 9.91. The van der Waals surface area contributed by atoms with E-state index in [-0.39, 0.29) is 18.5 Å². The van der Waals surface area contributed by atoms with Crippen molar-refractivity contribution in [3.8, 4) is 0 Å². The molecule has 0 aliphatic heterocycles. The van der Waals surface area contributed by atoms with E-state index in [4.69, 9.17) is 4.74 Å². The van der Waals surface area contributed by atoms with Crippen LogP contribution in [0.1, 0.15) is 252 Å². The van der Waals surface area contributed by atoms with Crippen LogP contribution in [0.3, 0.4) is 0 Å². The van der Waals surface area contributed by atoms with Crippen LogP contribution in [0.15, 0.2) is 0 Å². The van der Waals surface area contributed by atoms with Crippen molar-refractivity contribution in [3.05, 3.63) is 0 Å². The smallest absolute Gasteiger partial charge is 0.306 e. The van der Waals surface area contributed by atoms with E-state index in [2.05, 4.69) is 42.8 Å². The average molecular weight is 834 g/mol. The number of hydrogen-bond acceptors (Lipinski definition) is 6. The topological polar surface area (TPSA) is 82.1 Å². The summed E-state index contributed by atoms with van der Waals surface area (Å²) in [5, 5.41) is 13.0. The summed E-state index contributed by atoms with van der Waals surface area (Å²) in [6, 6.07) is 0.644. The number of aliphatic hydroxyl groups is 1. The number of aliphatic hydroxyl groups excluding tert-OH is 1. The molecule has 0 bridgehead atoms. The van der Waals surface area contributed by atoms with Crippen molar-refractivity contribution >= 4 is 11.9 Å². The normalized spacial score (nSPS) is 14.2. The first-order valence-electron chi connectivity index (χ1n) is 26.5. The summed E-state index contributed by atoms with van der Waals surface area (Å²) < 4.78 is 5.80. The van der Waals surface area contributed by atoms with Crippen molar-refractivity contribution in [2.24, 2.45) is 11.8 Å². The van der Waals surface area contributed by atoms with E-state index in [1.165, 1.54) is 173 Å². The molecule has 1 rings (SSSR count). The number of carbonyl (C=O) groups is 2. The third kappa shape index (κ3) is 34.0. The quantitative estimate of drug-likeness (QED) is 0.0470. The van der Waals surface area contributed by atoms with Crippen LogP contribution < -0.4 is 5.32 Å². The summed E-state index contributed by atoms with van der Waals surface area (Å²) in [6.45, 7) is 15.7. The molecular formula is C52H103N3O4. The second kappa shape index (κ2) is 42.1. The van der Waals surface area contributed by atoms with Crippen LogP contribution in [0.5, 0.6) is 0 Å². The molecule has 0 spiro atoms. The Labute approximate surface area is 368 Å². The molecule has 1 amide bonds. The van der Waals surface area contributed by atoms with Gasteiger partial charge in [-0.2, -0.15) is 0 Å². The first-order valence-corrected chi connectivity index (χ1v) is 26.5. The zero-order valence-electron chi connectivity index (χ0n) is 40.2. The SMILES string of the molecule is CCCCCCCCC(CCCCCC)CC(=O)NCCCCCN(CCCCCOC(=O)CC(CCCCCC)CCCCCCCC)CCN(CCO)C1CCC1. The Kier molecular flexibility index (Phi) is 39.9. The van der Waals surface area contributed by atoms with E-state index in [9.17, 15) is 14.7 Å². The predicted octanol–water partition coefficient (Wildman–Crippen LogP) is 13.6. The van der Waals surface area contributed by atoms with Gasteiger partial charge in [0.15, 0.2) is 0 Å². The van der Waals surface area contributed by atoms with Crippen LogP contribution in [0.2, 0.25) is 0 Å². The first kappa shape index (κ1) is 55.8. The molecule has 2 atom stereocenters. The molecule has 0 aromatic carbocycles. The van der Waals surface area contributed by atoms with Crippen molar-refractivity contribution in [2.75, 3.05) is 52.5 Å². The van der Waals surface area contributed by atoms with Gasteiger partial charge in [0, 0.05) is 45.1 Å². The summed E-state index contributed by atoms with van der Waals surface area (Å²) in [5.74, 6) is 1.31. The van der Waals surface area contributed by atoms with Gasteiger partial charge in [-0.25, -0.2) is 0 Å². The van der Waals surface area contributed by atoms with Crippen molar-refractivity contribution < 1.29 is 19.4 Å². The molecule has 1 saturated carbocycles. The summed E-state index contributed by atoms with van der Waals surface area (Å²) in [7, 11) is 0. The Morgan fingerprint density at radius 3 is 1.49 bits per heavy atom. The van der Waals surface area contributed by atoms with E-state index in [1.807, 2.05) is 0 Å². The number of ether oxygens (including phenoxy) is 1. The average Bonchev–Trinajstić information content (AvgIpc) is 3.20. The number of nitrogens with zero attached hydrogens (tertiary/aromatic N) is 2. The van der Waals surface area contributed by atoms with Gasteiger partial charge in [-0.1, -0.05) is 169 Å². The Balaban J connectivity index is 2.47. The molecular weight excluding hydrogens is 731 g/mol. The molecule has 2 N–H and O–H groups in total. The first-order chi connectivity index (χ1) is 29.0. The van der Waals surface area contributed by atoms with Crippen LogP contribution in [0.4, 0.5) is 0 Å². The maximum Gasteiger partial charge on any atom is 0.306 e. The molecule has 2 unspecified atom stereocenters. The molecule has 350 valence electrons. The molecule has 59 heavy (non-hydrogen) atoms. The lowest BCUT2D eigenvalue weighted by Crippen LogP contribution is -2.45. The molecule has 0 heterocycles. The third-order valence-corrected chi connectivity index (χ3v) is 13.3. The standard InChI is InChI=1S/C52H103N3O4/c1-5-9-13-17-19-25-33-48(32-23-15-11-7-3)46-51(57)53-38-27-21-28-39-54(41-42-55(43-44-56)50-36-31-37-50)40-29-22-30-45-59-52(58)47-49(34-24-16-12-8-4)35-26-20-18-14-10-6-2/h48-50,56H,5-47H2,1-4H3,(H,53,57). The molecule has 0 aromatic rings. The highest BCUT2D eigenvalue weighted by Crippen LogP contribution is 2.25. The highest BCUT2D eigenvalue weighted by Gasteiger charge is 2.24. The predicted molar refractivity (Wildman–Crippen MR) is 254 cm³/mol. The molecule has 1 fully saturated rings. The van der Waals surface area contributed by atoms with Crippen molar-refractivity contribution in [1.82, 2.24) is 15.1 Å². The van der Waals surface area contributed by atoms with Crippen LogP contribution in [0, 0.1) is 11.8 Å². The Bertz CT molecular complexity index is 856. The number of esters is 1. The van der Waals surface area contributed by atoms with Crippen molar-refractivity contribution in [2.45, 2.75) is 258 Å². The lowest BCUT2D eigenvalue weighted by Gasteiger charge is -2.38. The Morgan fingerprint density at radius 1 is 0.542 bits per heavy atom. The number of hydrogen-bond donors (Lipinski definition) is 2. The van der Waals surface area contributed by atoms with E-state index < -0.39 is 0 Å². The second-order valence-corrected chi connectivity index (χ2v) is 18.8. The zero-order valence-corrected chi connectivity index (χ0v) is 40.2. The fourth-order valence-corrected chi connectivity index (χ4v) is 9.10. The Hall–Kier alpha value is -1.18. The molecule has 0 radical (unpaired) electrons. The van der Waals surface area contributed by atoms with E-state index in [0.717, 1.165) is 77.8 Å². The van der Waals surface area contributed by atoms with Gasteiger partial charge in [-0.15, -0.1) is 0 Å². The van der Waals surface area contributed by atoms with Gasteiger partial charge in [0.2, 0.25) is 5.91 Å². The van der Waals surface area contributed by atoms with Gasteiger partial charge in [-0.3, -0.25) is 14.5 Å². The van der Waals surface area contributed by atoms with E-state index in [0.29, 0.717) is 37.3 Å². The van der Waals surface area contributed by atoms with Gasteiger partial charge in [0.05, 0.1) is 13.2 Å². The summed E-state index contributed by atoms with van der Waals surface area (Å²) in [5.41, 5.74) is 0. The van der Waals surface area contributed by atoms with Crippen LogP contribution in [-0.2, 0) is 14.3 Å². The minimum absolute atomic E-state index is 0.0182. The monoisotopic (exact) mass is 834 g/mol. The number of amides is 1. The minimum Gasteiger partial charge on any atom is -0.466 e. The van der Waals surface area contributed by atoms with Gasteiger partial charge in [0.1, 0.15) is 0 Å². The molecule has 0 aromatic heterocycles. The largest absolute Gasteiger partial charge is 0.466 e. The molecule has 7 nitrogen and oxygen atoms in total. The second-order valence-electron chi connectivity index (χ2n) is 18.8. The maximum atomic E-state index is 13.0. The maximum absolute atomic E-state index is 13.0. The molecule has 0 saturated heterocycles. The number of unbranched alkanes of at least 4 members (excludes halogenated alkanes) is 20. The molecule has 1 aliphatic rings. The lowest BCUT2D eigenvalue weighted by molar-refractivity contribution is -0.145. The fraction of sp³-hybridized carbons (Fsp3) is 0.962. The summed E-state index contributed by atoms with van der Waals surface area (Å²) in [4.78, 5) is 31.0. The minimum atomic E-state index is 0.0182. The molecule has 1 aliphatic carbocycles. The summed E-state index contributed by atoms with van der Waals surface area (Å²) in [6.07, 6.45) is 42.4. The fourth-order valence-electron chi connectivity index (χ4n) is 9.10. The third-order valence-electron chi connectivity index (χ3n) is 13.3. The van der Waals surface area contributed by atoms with E-state index >= 15 is 0 Å².